The second kappa shape index (κ2) is 19.1. The molecule has 2 aliphatic rings. The Balaban J connectivity index is 0.000000162. The number of nitrogens with one attached hydrogen (secondary N) is 2. The van der Waals surface area contributed by atoms with Crippen LogP contribution in [0, 0.1) is 11.6 Å². The Kier molecular flexibility index (Phi) is 12.8. The van der Waals surface area contributed by atoms with Gasteiger partial charge in [-0.3, -0.25) is 19.8 Å². The summed E-state index contributed by atoms with van der Waals surface area (Å²) >= 11 is 0. The number of piperazine rings is 2. The molecule has 64 heavy (non-hydrogen) atoms. The second-order valence-electron chi connectivity index (χ2n) is 16.6. The van der Waals surface area contributed by atoms with Crippen LogP contribution in [0.2, 0.25) is 0 Å². The van der Waals surface area contributed by atoms with Gasteiger partial charge in [0.15, 0.2) is 22.9 Å². The molecule has 6 N–H and O–H groups in total. The van der Waals surface area contributed by atoms with E-state index >= 15 is 0 Å². The number of pyridine rings is 4. The minimum absolute atomic E-state index is 0.169. The van der Waals surface area contributed by atoms with Crippen LogP contribution in [0.1, 0.15) is 22.3 Å². The lowest BCUT2D eigenvalue weighted by molar-refractivity contribution is 0.148. The molecule has 16 heteroatoms. The van der Waals surface area contributed by atoms with E-state index < -0.39 is 0 Å². The lowest BCUT2D eigenvalue weighted by atomic mass is 10.0. The Morgan fingerprint density at radius 1 is 0.531 bits per heavy atom. The van der Waals surface area contributed by atoms with Gasteiger partial charge in [-0.1, -0.05) is 36.4 Å². The van der Waals surface area contributed by atoms with Gasteiger partial charge >= 0.3 is 0 Å². The highest BCUT2D eigenvalue weighted by molar-refractivity contribution is 5.92. The van der Waals surface area contributed by atoms with Crippen molar-refractivity contribution in [3.05, 3.63) is 131 Å². The van der Waals surface area contributed by atoms with E-state index in [1.165, 1.54) is 23.3 Å². The van der Waals surface area contributed by atoms with Crippen molar-refractivity contribution < 1.29 is 8.78 Å². The monoisotopic (exact) mass is 862 g/mol. The minimum Gasteiger partial charge on any atom is -0.335 e. The molecule has 2 fully saturated rings. The number of nitrogens with zero attached hydrogens (tertiary/aromatic N) is 10. The van der Waals surface area contributed by atoms with Crippen molar-refractivity contribution in [1.29, 1.82) is 0 Å². The van der Waals surface area contributed by atoms with Crippen LogP contribution in [0.3, 0.4) is 0 Å². The van der Waals surface area contributed by atoms with Crippen LogP contribution in [-0.4, -0.2) is 126 Å². The van der Waals surface area contributed by atoms with Crippen molar-refractivity contribution in [3.8, 4) is 45.3 Å². The summed E-state index contributed by atoms with van der Waals surface area (Å²) in [4.78, 5) is 43.5. The summed E-state index contributed by atoms with van der Waals surface area (Å²) < 4.78 is 28.6. The van der Waals surface area contributed by atoms with Crippen molar-refractivity contribution >= 4 is 22.3 Å². The molecule has 0 bridgehead atoms. The van der Waals surface area contributed by atoms with Gasteiger partial charge in [-0.2, -0.15) is 0 Å². The average Bonchev–Trinajstić information content (AvgIpc) is 3.97. The number of imidazole rings is 2. The third kappa shape index (κ3) is 9.57. The maximum atomic E-state index is 14.3. The van der Waals surface area contributed by atoms with E-state index in [1.807, 2.05) is 48.8 Å². The molecule has 2 saturated heterocycles. The quantitative estimate of drug-likeness (QED) is 0.125. The molecule has 8 heterocycles. The molecule has 0 saturated carbocycles. The summed E-state index contributed by atoms with van der Waals surface area (Å²) in [5.41, 5.74) is 21.9. The van der Waals surface area contributed by atoms with Crippen LogP contribution in [0.5, 0.6) is 0 Å². The van der Waals surface area contributed by atoms with Crippen LogP contribution < -0.4 is 11.5 Å². The summed E-state index contributed by atoms with van der Waals surface area (Å²) in [6, 6.07) is 22.1. The van der Waals surface area contributed by atoms with Crippen LogP contribution >= 0.6 is 0 Å². The number of rotatable bonds is 10. The Bertz CT molecular complexity index is 2650. The molecule has 0 radical (unpaired) electrons. The smallest absolute Gasteiger partial charge is 0.178 e. The first kappa shape index (κ1) is 42.9. The Morgan fingerprint density at radius 2 is 0.953 bits per heavy atom. The Labute approximate surface area is 370 Å². The number of fused-ring (bicyclic) bond motifs is 2. The minimum atomic E-state index is -0.313. The van der Waals surface area contributed by atoms with Crippen LogP contribution in [0.4, 0.5) is 8.78 Å². The molecule has 0 unspecified atom stereocenters. The fourth-order valence-electron chi connectivity index (χ4n) is 8.15. The predicted octanol–water partition coefficient (Wildman–Crippen LogP) is 6.06. The van der Waals surface area contributed by atoms with E-state index in [9.17, 15) is 8.78 Å². The standard InChI is InChI=1S/2C24H26FN7/c2*1-31-8-10-32(11-9-31)15-16-2-5-21(28-14-16)23-29-22-19(6-7-27-24(22)30-23)17-3-4-18(13-26)20(25)12-17/h2*2-7,12,14H,8-11,13,15,26H2,1H3,(H,27,29,30). The molecule has 8 aromatic rings. The number of nitrogens with two attached hydrogens (primary N) is 2. The molecule has 328 valence electrons. The fourth-order valence-corrected chi connectivity index (χ4v) is 8.15. The topological polar surface area (TPSA) is 174 Å². The van der Waals surface area contributed by atoms with E-state index in [0.717, 1.165) is 110 Å². The molecule has 2 aromatic carbocycles. The van der Waals surface area contributed by atoms with Gasteiger partial charge in [0.2, 0.25) is 0 Å². The molecular formula is C48H52F2N14. The molecule has 0 atom stereocenters. The molecule has 14 nitrogen and oxygen atoms in total. The first-order valence-electron chi connectivity index (χ1n) is 21.6. The Morgan fingerprint density at radius 3 is 1.31 bits per heavy atom. The van der Waals surface area contributed by atoms with Gasteiger partial charge in [0.05, 0.1) is 11.0 Å². The fraction of sp³-hybridized carbons (Fsp3) is 0.292. The molecular weight excluding hydrogens is 811 g/mol. The molecule has 0 amide bonds. The van der Waals surface area contributed by atoms with E-state index in [0.29, 0.717) is 34.1 Å². The number of halogens is 2. The van der Waals surface area contributed by atoms with Gasteiger partial charge in [-0.05, 0) is 72.7 Å². The predicted molar refractivity (Wildman–Crippen MR) is 246 cm³/mol. The lowest BCUT2D eigenvalue weighted by Gasteiger charge is -2.32. The van der Waals surface area contributed by atoms with E-state index in [2.05, 4.69) is 85.7 Å². The van der Waals surface area contributed by atoms with Gasteiger partial charge < -0.3 is 31.2 Å². The van der Waals surface area contributed by atoms with E-state index in [1.54, 1.807) is 24.5 Å². The Hall–Kier alpha value is -6.40. The molecule has 0 aliphatic carbocycles. The van der Waals surface area contributed by atoms with Gasteiger partial charge in [0.25, 0.3) is 0 Å². The molecule has 10 rings (SSSR count). The van der Waals surface area contributed by atoms with Crippen LogP contribution in [0.25, 0.3) is 67.6 Å². The first-order chi connectivity index (χ1) is 31.2. The summed E-state index contributed by atoms with van der Waals surface area (Å²) in [6.07, 6.45) is 7.19. The van der Waals surface area contributed by atoms with Gasteiger partial charge in [0, 0.05) is 126 Å². The maximum absolute atomic E-state index is 14.3. The van der Waals surface area contributed by atoms with Gasteiger partial charge in [0.1, 0.15) is 23.0 Å². The van der Waals surface area contributed by atoms with Gasteiger partial charge in [-0.15, -0.1) is 0 Å². The lowest BCUT2D eigenvalue weighted by Crippen LogP contribution is -2.43. The molecule has 0 spiro atoms. The normalized spacial score (nSPS) is 15.5. The van der Waals surface area contributed by atoms with Crippen molar-refractivity contribution in [2.75, 3.05) is 66.5 Å². The highest BCUT2D eigenvalue weighted by Gasteiger charge is 2.18. The highest BCUT2D eigenvalue weighted by Crippen LogP contribution is 2.31. The number of H-pyrrole nitrogens is 2. The average molecular weight is 863 g/mol. The van der Waals surface area contributed by atoms with Gasteiger partial charge in [-0.25, -0.2) is 28.7 Å². The van der Waals surface area contributed by atoms with E-state index in [-0.39, 0.29) is 24.7 Å². The zero-order chi connectivity index (χ0) is 44.2. The second-order valence-corrected chi connectivity index (χ2v) is 16.6. The van der Waals surface area contributed by atoms with E-state index in [4.69, 9.17) is 11.5 Å². The first-order valence-corrected chi connectivity index (χ1v) is 21.6. The number of likely N-dealkylation sites (N-methyl/N-ethyl adjacent to an activating group) is 2. The summed E-state index contributed by atoms with van der Waals surface area (Å²) in [5.74, 6) is 0.662. The highest BCUT2D eigenvalue weighted by atomic mass is 19.1. The maximum Gasteiger partial charge on any atom is 0.178 e. The molecule has 6 aromatic heterocycles. The number of hydrogen-bond donors (Lipinski definition) is 4. The zero-order valence-electron chi connectivity index (χ0n) is 36.1. The third-order valence-electron chi connectivity index (χ3n) is 12.1. The van der Waals surface area contributed by atoms with Crippen LogP contribution in [-0.2, 0) is 26.2 Å². The van der Waals surface area contributed by atoms with Crippen molar-refractivity contribution in [2.45, 2.75) is 26.2 Å². The third-order valence-corrected chi connectivity index (χ3v) is 12.1. The number of aromatic amines is 2. The SMILES string of the molecule is CN1CCN(Cc2ccc(-c3nc4nccc(-c5ccc(CN)c(F)c5)c4[nH]3)nc2)CC1.CN1CCN(Cc2ccc(-c3nc4nccc(-c5ccc(CN)c(F)c5)c4[nH]3)nc2)CC1. The largest absolute Gasteiger partial charge is 0.335 e. The summed E-state index contributed by atoms with van der Waals surface area (Å²) in [6.45, 7) is 10.8. The van der Waals surface area contributed by atoms with Crippen LogP contribution in [0.15, 0.2) is 97.6 Å². The summed E-state index contributed by atoms with van der Waals surface area (Å²) in [7, 11) is 4.32. The number of hydrogen-bond acceptors (Lipinski definition) is 12. The van der Waals surface area contributed by atoms with Crippen molar-refractivity contribution in [2.24, 2.45) is 11.5 Å². The summed E-state index contributed by atoms with van der Waals surface area (Å²) in [5, 5.41) is 0. The zero-order valence-corrected chi connectivity index (χ0v) is 36.1. The molecule has 2 aliphatic heterocycles. The van der Waals surface area contributed by atoms with Crippen molar-refractivity contribution in [3.63, 3.8) is 0 Å². The van der Waals surface area contributed by atoms with Crippen molar-refractivity contribution in [1.82, 2.24) is 59.5 Å². The number of aromatic nitrogens is 8. The number of benzene rings is 2.